The lowest BCUT2D eigenvalue weighted by atomic mass is 10.0. The SMILES string of the molecule is C[C@@H]1CCCCN1CCNC(=O)CCNc1ncccn1. The van der Waals surface area contributed by atoms with Crippen LogP contribution in [0.5, 0.6) is 0 Å². The van der Waals surface area contributed by atoms with Crippen molar-refractivity contribution in [3.63, 3.8) is 0 Å². The van der Waals surface area contributed by atoms with Gasteiger partial charge in [0.05, 0.1) is 0 Å². The Morgan fingerprint density at radius 2 is 2.14 bits per heavy atom. The molecule has 1 atom stereocenters. The Labute approximate surface area is 126 Å². The smallest absolute Gasteiger partial charge is 0.222 e. The molecule has 6 nitrogen and oxygen atoms in total. The zero-order valence-corrected chi connectivity index (χ0v) is 12.7. The van der Waals surface area contributed by atoms with Crippen molar-refractivity contribution in [2.75, 3.05) is 31.5 Å². The number of piperidine rings is 1. The molecule has 1 aliphatic rings. The van der Waals surface area contributed by atoms with Gasteiger partial charge in [-0.25, -0.2) is 9.97 Å². The van der Waals surface area contributed by atoms with Crippen molar-refractivity contribution >= 4 is 11.9 Å². The molecule has 0 aliphatic carbocycles. The molecule has 0 bridgehead atoms. The molecule has 0 spiro atoms. The van der Waals surface area contributed by atoms with Crippen LogP contribution in [0.4, 0.5) is 5.95 Å². The van der Waals surface area contributed by atoms with E-state index in [2.05, 4.69) is 32.4 Å². The van der Waals surface area contributed by atoms with E-state index in [1.807, 2.05) is 0 Å². The summed E-state index contributed by atoms with van der Waals surface area (Å²) in [7, 11) is 0. The number of carbonyl (C=O) groups excluding carboxylic acids is 1. The van der Waals surface area contributed by atoms with Crippen molar-refractivity contribution in [2.45, 2.75) is 38.6 Å². The van der Waals surface area contributed by atoms with Gasteiger partial charge in [-0.1, -0.05) is 6.42 Å². The fraction of sp³-hybridized carbons (Fsp3) is 0.667. The molecule has 2 heterocycles. The molecule has 116 valence electrons. The van der Waals surface area contributed by atoms with Crippen LogP contribution in [-0.4, -0.2) is 53.0 Å². The number of nitrogens with zero attached hydrogens (tertiary/aromatic N) is 3. The van der Waals surface area contributed by atoms with E-state index in [-0.39, 0.29) is 5.91 Å². The third kappa shape index (κ3) is 5.67. The number of hydrogen-bond donors (Lipinski definition) is 2. The molecule has 0 radical (unpaired) electrons. The largest absolute Gasteiger partial charge is 0.355 e. The van der Waals surface area contributed by atoms with Crippen molar-refractivity contribution in [3.05, 3.63) is 18.5 Å². The molecule has 6 heteroatoms. The first-order valence-corrected chi connectivity index (χ1v) is 7.77. The molecule has 1 amide bonds. The molecule has 1 aromatic heterocycles. The van der Waals surface area contributed by atoms with E-state index in [1.165, 1.54) is 19.3 Å². The summed E-state index contributed by atoms with van der Waals surface area (Å²) >= 11 is 0. The van der Waals surface area contributed by atoms with E-state index in [0.29, 0.717) is 25.0 Å². The molecule has 0 aromatic carbocycles. The average Bonchev–Trinajstić information content (AvgIpc) is 2.50. The first-order valence-electron chi connectivity index (χ1n) is 7.77. The van der Waals surface area contributed by atoms with Gasteiger partial charge in [0.25, 0.3) is 0 Å². The molecule has 1 saturated heterocycles. The van der Waals surface area contributed by atoms with Gasteiger partial charge >= 0.3 is 0 Å². The van der Waals surface area contributed by atoms with Crippen LogP contribution in [0, 0.1) is 0 Å². The molecule has 21 heavy (non-hydrogen) atoms. The Balaban J connectivity index is 1.55. The molecular weight excluding hydrogens is 266 g/mol. The van der Waals surface area contributed by atoms with Gasteiger partial charge in [0.15, 0.2) is 0 Å². The zero-order chi connectivity index (χ0) is 14.9. The number of likely N-dealkylation sites (tertiary alicyclic amines) is 1. The van der Waals surface area contributed by atoms with E-state index in [0.717, 1.165) is 19.6 Å². The van der Waals surface area contributed by atoms with Crippen molar-refractivity contribution in [1.82, 2.24) is 20.2 Å². The minimum absolute atomic E-state index is 0.0723. The Bertz CT molecular complexity index is 425. The lowest BCUT2D eigenvalue weighted by Gasteiger charge is -2.33. The highest BCUT2D eigenvalue weighted by Crippen LogP contribution is 2.15. The Hall–Kier alpha value is -1.69. The van der Waals surface area contributed by atoms with Crippen LogP contribution in [0.25, 0.3) is 0 Å². The molecule has 2 rings (SSSR count). The molecule has 0 unspecified atom stereocenters. The second-order valence-electron chi connectivity index (χ2n) is 5.48. The number of hydrogen-bond acceptors (Lipinski definition) is 5. The van der Waals surface area contributed by atoms with Crippen LogP contribution in [0.2, 0.25) is 0 Å². The van der Waals surface area contributed by atoms with Crippen LogP contribution in [0.1, 0.15) is 32.6 Å². The monoisotopic (exact) mass is 291 g/mol. The quantitative estimate of drug-likeness (QED) is 0.791. The maximum absolute atomic E-state index is 11.7. The van der Waals surface area contributed by atoms with Crippen molar-refractivity contribution < 1.29 is 4.79 Å². The van der Waals surface area contributed by atoms with E-state index in [4.69, 9.17) is 0 Å². The number of rotatable bonds is 7. The summed E-state index contributed by atoms with van der Waals surface area (Å²) in [5, 5.41) is 6.00. The van der Waals surface area contributed by atoms with Crippen LogP contribution in [-0.2, 0) is 4.79 Å². The fourth-order valence-electron chi connectivity index (χ4n) is 2.60. The summed E-state index contributed by atoms with van der Waals surface area (Å²) < 4.78 is 0. The van der Waals surface area contributed by atoms with Gasteiger partial charge in [-0.05, 0) is 32.4 Å². The Morgan fingerprint density at radius 1 is 1.33 bits per heavy atom. The van der Waals surface area contributed by atoms with Gasteiger partial charge < -0.3 is 10.6 Å². The second-order valence-corrected chi connectivity index (χ2v) is 5.48. The molecule has 2 N–H and O–H groups in total. The van der Waals surface area contributed by atoms with Gasteiger partial charge in [0.2, 0.25) is 11.9 Å². The lowest BCUT2D eigenvalue weighted by molar-refractivity contribution is -0.120. The van der Waals surface area contributed by atoms with Crippen LogP contribution >= 0.6 is 0 Å². The van der Waals surface area contributed by atoms with Gasteiger partial charge in [-0.15, -0.1) is 0 Å². The highest BCUT2D eigenvalue weighted by atomic mass is 16.1. The summed E-state index contributed by atoms with van der Waals surface area (Å²) in [4.78, 5) is 22.3. The number of anilines is 1. The van der Waals surface area contributed by atoms with Gasteiger partial charge in [0.1, 0.15) is 0 Å². The highest BCUT2D eigenvalue weighted by molar-refractivity contribution is 5.76. The molecule has 1 aromatic rings. The van der Waals surface area contributed by atoms with Crippen LogP contribution in [0.15, 0.2) is 18.5 Å². The molecular formula is C15H25N5O. The van der Waals surface area contributed by atoms with Gasteiger partial charge in [0, 0.05) is 44.5 Å². The van der Waals surface area contributed by atoms with Crippen LogP contribution in [0.3, 0.4) is 0 Å². The minimum Gasteiger partial charge on any atom is -0.355 e. The summed E-state index contributed by atoms with van der Waals surface area (Å²) in [5.41, 5.74) is 0. The number of nitrogens with one attached hydrogen (secondary N) is 2. The van der Waals surface area contributed by atoms with E-state index >= 15 is 0 Å². The van der Waals surface area contributed by atoms with E-state index in [9.17, 15) is 4.79 Å². The minimum atomic E-state index is 0.0723. The third-order valence-corrected chi connectivity index (χ3v) is 3.86. The first-order chi connectivity index (χ1) is 10.3. The molecule has 1 fully saturated rings. The first kappa shape index (κ1) is 15.7. The molecule has 1 aliphatic heterocycles. The third-order valence-electron chi connectivity index (χ3n) is 3.86. The molecule has 0 saturated carbocycles. The predicted molar refractivity (Wildman–Crippen MR) is 83.0 cm³/mol. The maximum Gasteiger partial charge on any atom is 0.222 e. The highest BCUT2D eigenvalue weighted by Gasteiger charge is 2.17. The zero-order valence-electron chi connectivity index (χ0n) is 12.7. The van der Waals surface area contributed by atoms with Crippen molar-refractivity contribution in [3.8, 4) is 0 Å². The fourth-order valence-corrected chi connectivity index (χ4v) is 2.60. The summed E-state index contributed by atoms with van der Waals surface area (Å²) in [6.07, 6.45) is 7.67. The number of amides is 1. The average molecular weight is 291 g/mol. The van der Waals surface area contributed by atoms with E-state index < -0.39 is 0 Å². The Kier molecular flexibility index (Phi) is 6.40. The van der Waals surface area contributed by atoms with Gasteiger partial charge in [-0.2, -0.15) is 0 Å². The van der Waals surface area contributed by atoms with Gasteiger partial charge in [-0.3, -0.25) is 9.69 Å². The summed E-state index contributed by atoms with van der Waals surface area (Å²) in [6, 6.07) is 2.41. The summed E-state index contributed by atoms with van der Waals surface area (Å²) in [6.45, 7) is 5.65. The maximum atomic E-state index is 11.7. The predicted octanol–water partition coefficient (Wildman–Crippen LogP) is 1.27. The van der Waals surface area contributed by atoms with Crippen LogP contribution < -0.4 is 10.6 Å². The normalized spacial score (nSPS) is 19.2. The van der Waals surface area contributed by atoms with Crippen molar-refractivity contribution in [2.24, 2.45) is 0 Å². The topological polar surface area (TPSA) is 70.2 Å². The second kappa shape index (κ2) is 8.56. The summed E-state index contributed by atoms with van der Waals surface area (Å²) in [5.74, 6) is 0.635. The Morgan fingerprint density at radius 3 is 2.90 bits per heavy atom. The van der Waals surface area contributed by atoms with E-state index in [1.54, 1.807) is 18.5 Å². The lowest BCUT2D eigenvalue weighted by Crippen LogP contribution is -2.42. The standard InChI is InChI=1S/C15H25N5O/c1-13-5-2-3-11-20(13)12-10-16-14(21)6-9-19-15-17-7-4-8-18-15/h4,7-8,13H,2-3,5-6,9-12H2,1H3,(H,16,21)(H,17,18,19)/t13-/m1/s1. The number of aromatic nitrogens is 2. The number of carbonyl (C=O) groups is 1. The van der Waals surface area contributed by atoms with Crippen molar-refractivity contribution in [1.29, 1.82) is 0 Å².